The third kappa shape index (κ3) is 2.86. The minimum Gasteiger partial charge on any atom is -0.468 e. The van der Waals surface area contributed by atoms with Gasteiger partial charge in [0.05, 0.1) is 12.3 Å². The lowest BCUT2D eigenvalue weighted by Crippen LogP contribution is -2.35. The van der Waals surface area contributed by atoms with E-state index in [1.165, 1.54) is 19.3 Å². The lowest BCUT2D eigenvalue weighted by Gasteiger charge is -2.28. The molecule has 1 fully saturated rings. The highest BCUT2D eigenvalue weighted by molar-refractivity contribution is 5.05. The number of nitrogens with one attached hydrogen (secondary N) is 1. The largest absolute Gasteiger partial charge is 0.468 e. The van der Waals surface area contributed by atoms with E-state index in [4.69, 9.17) is 4.42 Å². The van der Waals surface area contributed by atoms with E-state index in [0.29, 0.717) is 6.04 Å². The fourth-order valence-corrected chi connectivity index (χ4v) is 2.14. The molecule has 1 atom stereocenters. The van der Waals surface area contributed by atoms with Crippen LogP contribution in [0.25, 0.3) is 0 Å². The van der Waals surface area contributed by atoms with Crippen LogP contribution in [0.4, 0.5) is 0 Å². The maximum Gasteiger partial charge on any atom is 0.122 e. The maximum absolute atomic E-state index is 5.47. The predicted octanol–water partition coefficient (Wildman–Crippen LogP) is 2.27. The molecule has 2 rings (SSSR count). The molecule has 1 aromatic rings. The van der Waals surface area contributed by atoms with Crippen molar-refractivity contribution in [2.24, 2.45) is 5.92 Å². The fraction of sp³-hybridized carbons (Fsp3) is 0.692. The summed E-state index contributed by atoms with van der Waals surface area (Å²) in [7, 11) is 4.19. The van der Waals surface area contributed by atoms with Crippen molar-refractivity contribution < 1.29 is 4.42 Å². The lowest BCUT2D eigenvalue weighted by atomic mass is 9.85. The van der Waals surface area contributed by atoms with Crippen molar-refractivity contribution in [2.45, 2.75) is 25.3 Å². The molecule has 0 spiro atoms. The Hall–Kier alpha value is -0.800. The molecule has 1 heterocycles. The first-order valence-electron chi connectivity index (χ1n) is 6.18. The molecular formula is C13H22N2O. The summed E-state index contributed by atoms with van der Waals surface area (Å²) in [5, 5.41) is 3.56. The number of rotatable bonds is 6. The molecule has 1 N–H and O–H groups in total. The molecule has 90 valence electrons. The van der Waals surface area contributed by atoms with E-state index in [1.807, 2.05) is 6.07 Å². The SMILES string of the molecule is CN(C)C(CNCC1CCC1)c1ccco1. The van der Waals surface area contributed by atoms with E-state index in [-0.39, 0.29) is 0 Å². The third-order valence-electron chi connectivity index (χ3n) is 3.49. The Kier molecular flexibility index (Phi) is 4.02. The molecular weight excluding hydrogens is 200 g/mol. The molecule has 1 aromatic heterocycles. The fourth-order valence-electron chi connectivity index (χ4n) is 2.14. The van der Waals surface area contributed by atoms with Gasteiger partial charge < -0.3 is 9.73 Å². The van der Waals surface area contributed by atoms with Crippen LogP contribution in [-0.4, -0.2) is 32.1 Å². The maximum atomic E-state index is 5.47. The minimum absolute atomic E-state index is 0.343. The Bertz CT molecular complexity index is 291. The van der Waals surface area contributed by atoms with Gasteiger partial charge in [-0.25, -0.2) is 0 Å². The summed E-state index contributed by atoms with van der Waals surface area (Å²) < 4.78 is 5.47. The molecule has 0 aromatic carbocycles. The van der Waals surface area contributed by atoms with Gasteiger partial charge in [-0.1, -0.05) is 6.42 Å². The van der Waals surface area contributed by atoms with Crippen LogP contribution in [0.1, 0.15) is 31.1 Å². The first-order chi connectivity index (χ1) is 7.77. The van der Waals surface area contributed by atoms with Crippen LogP contribution < -0.4 is 5.32 Å². The minimum atomic E-state index is 0.343. The summed E-state index contributed by atoms with van der Waals surface area (Å²) in [5.74, 6) is 1.96. The third-order valence-corrected chi connectivity index (χ3v) is 3.49. The number of nitrogens with zero attached hydrogens (tertiary/aromatic N) is 1. The molecule has 1 aliphatic carbocycles. The Morgan fingerprint density at radius 3 is 2.81 bits per heavy atom. The van der Waals surface area contributed by atoms with Gasteiger partial charge in [0.1, 0.15) is 5.76 Å². The molecule has 1 aliphatic rings. The van der Waals surface area contributed by atoms with Crippen molar-refractivity contribution in [3.8, 4) is 0 Å². The van der Waals surface area contributed by atoms with E-state index in [2.05, 4.69) is 30.4 Å². The quantitative estimate of drug-likeness (QED) is 0.800. The van der Waals surface area contributed by atoms with Gasteiger partial charge in [-0.05, 0) is 51.5 Å². The summed E-state index contributed by atoms with van der Waals surface area (Å²) in [6, 6.07) is 4.35. The summed E-state index contributed by atoms with van der Waals surface area (Å²) in [6.07, 6.45) is 5.97. The van der Waals surface area contributed by atoms with Gasteiger partial charge in [0, 0.05) is 6.54 Å². The van der Waals surface area contributed by atoms with Crippen molar-refractivity contribution in [1.82, 2.24) is 10.2 Å². The van der Waals surface area contributed by atoms with E-state index in [1.54, 1.807) is 6.26 Å². The van der Waals surface area contributed by atoms with Gasteiger partial charge in [-0.15, -0.1) is 0 Å². The first-order valence-corrected chi connectivity index (χ1v) is 6.18. The van der Waals surface area contributed by atoms with Gasteiger partial charge in [0.25, 0.3) is 0 Å². The van der Waals surface area contributed by atoms with Crippen LogP contribution in [0.3, 0.4) is 0 Å². The summed E-state index contributed by atoms with van der Waals surface area (Å²) >= 11 is 0. The van der Waals surface area contributed by atoms with Gasteiger partial charge in [-0.3, -0.25) is 4.90 Å². The van der Waals surface area contributed by atoms with E-state index in [9.17, 15) is 0 Å². The topological polar surface area (TPSA) is 28.4 Å². The second kappa shape index (κ2) is 5.51. The van der Waals surface area contributed by atoms with Crippen molar-refractivity contribution in [3.63, 3.8) is 0 Å². The van der Waals surface area contributed by atoms with Crippen molar-refractivity contribution in [2.75, 3.05) is 27.2 Å². The van der Waals surface area contributed by atoms with Crippen LogP contribution >= 0.6 is 0 Å². The predicted molar refractivity (Wildman–Crippen MR) is 65.3 cm³/mol. The molecule has 1 unspecified atom stereocenters. The van der Waals surface area contributed by atoms with Crippen LogP contribution in [-0.2, 0) is 0 Å². The van der Waals surface area contributed by atoms with Gasteiger partial charge in [0.15, 0.2) is 0 Å². The molecule has 0 radical (unpaired) electrons. The lowest BCUT2D eigenvalue weighted by molar-refractivity contribution is 0.235. The van der Waals surface area contributed by atoms with Gasteiger partial charge in [-0.2, -0.15) is 0 Å². The summed E-state index contributed by atoms with van der Waals surface area (Å²) in [6.45, 7) is 2.13. The van der Waals surface area contributed by atoms with Crippen LogP contribution in [0.15, 0.2) is 22.8 Å². The van der Waals surface area contributed by atoms with E-state index in [0.717, 1.165) is 24.8 Å². The van der Waals surface area contributed by atoms with Crippen molar-refractivity contribution in [1.29, 1.82) is 0 Å². The molecule has 16 heavy (non-hydrogen) atoms. The number of hydrogen-bond donors (Lipinski definition) is 1. The average Bonchev–Trinajstić information content (AvgIpc) is 2.67. The van der Waals surface area contributed by atoms with Crippen molar-refractivity contribution in [3.05, 3.63) is 24.2 Å². The highest BCUT2D eigenvalue weighted by Gasteiger charge is 2.19. The Balaban J connectivity index is 1.78. The zero-order valence-electron chi connectivity index (χ0n) is 10.3. The normalized spacial score (nSPS) is 18.7. The molecule has 0 bridgehead atoms. The van der Waals surface area contributed by atoms with E-state index < -0.39 is 0 Å². The smallest absolute Gasteiger partial charge is 0.122 e. The standard InChI is InChI=1S/C13H22N2O/c1-15(2)12(13-7-4-8-16-13)10-14-9-11-5-3-6-11/h4,7-8,11-12,14H,3,5-6,9-10H2,1-2H3. The van der Waals surface area contributed by atoms with Crippen LogP contribution in [0.2, 0.25) is 0 Å². The Morgan fingerprint density at radius 1 is 1.50 bits per heavy atom. The highest BCUT2D eigenvalue weighted by atomic mass is 16.3. The Labute approximate surface area is 97.8 Å². The number of hydrogen-bond acceptors (Lipinski definition) is 3. The molecule has 1 saturated carbocycles. The molecule has 0 saturated heterocycles. The summed E-state index contributed by atoms with van der Waals surface area (Å²) in [4.78, 5) is 2.20. The molecule has 3 heteroatoms. The zero-order chi connectivity index (χ0) is 11.4. The Morgan fingerprint density at radius 2 is 2.31 bits per heavy atom. The van der Waals surface area contributed by atoms with Crippen LogP contribution in [0.5, 0.6) is 0 Å². The van der Waals surface area contributed by atoms with Gasteiger partial charge in [0.2, 0.25) is 0 Å². The monoisotopic (exact) mass is 222 g/mol. The highest BCUT2D eigenvalue weighted by Crippen LogP contribution is 2.25. The average molecular weight is 222 g/mol. The second-order valence-electron chi connectivity index (χ2n) is 4.95. The molecule has 3 nitrogen and oxygen atoms in total. The van der Waals surface area contributed by atoms with Crippen molar-refractivity contribution >= 4 is 0 Å². The van der Waals surface area contributed by atoms with Crippen LogP contribution in [0, 0.1) is 5.92 Å². The van der Waals surface area contributed by atoms with Gasteiger partial charge >= 0.3 is 0 Å². The second-order valence-corrected chi connectivity index (χ2v) is 4.95. The number of likely N-dealkylation sites (N-methyl/N-ethyl adjacent to an activating group) is 1. The van der Waals surface area contributed by atoms with E-state index >= 15 is 0 Å². The summed E-state index contributed by atoms with van der Waals surface area (Å²) in [5.41, 5.74) is 0. The zero-order valence-corrected chi connectivity index (χ0v) is 10.3. The first kappa shape index (κ1) is 11.7. The molecule has 0 amide bonds. The molecule has 0 aliphatic heterocycles. The number of furan rings is 1.